The third kappa shape index (κ3) is 3.80. The first kappa shape index (κ1) is 16.0. The third-order valence-corrected chi connectivity index (χ3v) is 4.97. The van der Waals surface area contributed by atoms with Crippen LogP contribution in [0, 0.1) is 6.92 Å². The van der Waals surface area contributed by atoms with E-state index < -0.39 is 0 Å². The van der Waals surface area contributed by atoms with Crippen LogP contribution in [0.25, 0.3) is 10.9 Å². The monoisotopic (exact) mass is 332 g/mol. The van der Waals surface area contributed by atoms with E-state index in [0.717, 1.165) is 49.2 Å². The fourth-order valence-corrected chi connectivity index (χ4v) is 3.55. The Bertz CT molecular complexity index is 839. The summed E-state index contributed by atoms with van der Waals surface area (Å²) in [6.45, 7) is 5.38. The van der Waals surface area contributed by atoms with E-state index in [9.17, 15) is 0 Å². The highest BCUT2D eigenvalue weighted by Crippen LogP contribution is 2.23. The fraction of sp³-hybridized carbons (Fsp3) is 0.333. The van der Waals surface area contributed by atoms with Gasteiger partial charge in [0, 0.05) is 31.1 Å². The zero-order chi connectivity index (χ0) is 17.1. The molecule has 0 aliphatic carbocycles. The largest absolute Gasteiger partial charge is 0.367 e. The summed E-state index contributed by atoms with van der Waals surface area (Å²) in [6.07, 6.45) is 3.95. The lowest BCUT2D eigenvalue weighted by Gasteiger charge is -2.32. The summed E-state index contributed by atoms with van der Waals surface area (Å²) < 4.78 is 0. The SMILES string of the molecule is Cc1ccc2c(NC3CCN(Cc4ccccc4)CC3)ncnc2c1. The van der Waals surface area contributed by atoms with E-state index in [1.807, 2.05) is 0 Å². The molecule has 1 aromatic heterocycles. The summed E-state index contributed by atoms with van der Waals surface area (Å²) in [5.74, 6) is 0.964. The summed E-state index contributed by atoms with van der Waals surface area (Å²) in [5.41, 5.74) is 3.64. The molecule has 1 saturated heterocycles. The van der Waals surface area contributed by atoms with E-state index >= 15 is 0 Å². The van der Waals surface area contributed by atoms with E-state index in [4.69, 9.17) is 0 Å². The van der Waals surface area contributed by atoms with Gasteiger partial charge >= 0.3 is 0 Å². The van der Waals surface area contributed by atoms with Crippen molar-refractivity contribution >= 4 is 16.7 Å². The number of aromatic nitrogens is 2. The van der Waals surface area contributed by atoms with Crippen molar-refractivity contribution in [3.63, 3.8) is 0 Å². The van der Waals surface area contributed by atoms with Crippen LogP contribution in [0.4, 0.5) is 5.82 Å². The van der Waals surface area contributed by atoms with Crippen molar-refractivity contribution < 1.29 is 0 Å². The maximum absolute atomic E-state index is 4.48. The average Bonchev–Trinajstić information content (AvgIpc) is 2.64. The Kier molecular flexibility index (Phi) is 4.61. The first-order valence-corrected chi connectivity index (χ1v) is 9.02. The summed E-state index contributed by atoms with van der Waals surface area (Å²) in [6, 6.07) is 17.6. The van der Waals surface area contributed by atoms with E-state index in [2.05, 4.69) is 75.6 Å². The lowest BCUT2D eigenvalue weighted by Crippen LogP contribution is -2.38. The minimum Gasteiger partial charge on any atom is -0.367 e. The van der Waals surface area contributed by atoms with Crippen LogP contribution in [0.15, 0.2) is 54.9 Å². The normalized spacial score (nSPS) is 16.2. The molecule has 0 saturated carbocycles. The first-order valence-electron chi connectivity index (χ1n) is 9.02. The average molecular weight is 332 g/mol. The molecule has 0 spiro atoms. The number of likely N-dealkylation sites (tertiary alicyclic amines) is 1. The number of hydrogen-bond acceptors (Lipinski definition) is 4. The van der Waals surface area contributed by atoms with Crippen LogP contribution >= 0.6 is 0 Å². The van der Waals surface area contributed by atoms with Crippen molar-refractivity contribution in [1.82, 2.24) is 14.9 Å². The fourth-order valence-electron chi connectivity index (χ4n) is 3.55. The molecule has 2 heterocycles. The summed E-state index contributed by atoms with van der Waals surface area (Å²) >= 11 is 0. The number of hydrogen-bond donors (Lipinski definition) is 1. The predicted octanol–water partition coefficient (Wildman–Crippen LogP) is 4.01. The Morgan fingerprint density at radius 1 is 1.04 bits per heavy atom. The minimum absolute atomic E-state index is 0.478. The molecule has 1 aliphatic rings. The highest BCUT2D eigenvalue weighted by atomic mass is 15.1. The van der Waals surface area contributed by atoms with Gasteiger partial charge in [0.15, 0.2) is 0 Å². The van der Waals surface area contributed by atoms with Gasteiger partial charge < -0.3 is 5.32 Å². The molecule has 0 unspecified atom stereocenters. The highest BCUT2D eigenvalue weighted by Gasteiger charge is 2.20. The lowest BCUT2D eigenvalue weighted by atomic mass is 10.0. The molecule has 0 amide bonds. The van der Waals surface area contributed by atoms with Crippen LogP contribution in [-0.2, 0) is 6.54 Å². The van der Waals surface area contributed by atoms with Gasteiger partial charge in [-0.1, -0.05) is 36.4 Å². The van der Waals surface area contributed by atoms with Gasteiger partial charge in [-0.15, -0.1) is 0 Å². The Hall–Kier alpha value is -2.46. The summed E-state index contributed by atoms with van der Waals surface area (Å²) in [4.78, 5) is 11.4. The number of rotatable bonds is 4. The minimum atomic E-state index is 0.478. The maximum Gasteiger partial charge on any atom is 0.137 e. The van der Waals surface area contributed by atoms with Crippen LogP contribution in [0.5, 0.6) is 0 Å². The van der Waals surface area contributed by atoms with E-state index in [1.165, 1.54) is 11.1 Å². The molecule has 4 rings (SSSR count). The number of nitrogens with one attached hydrogen (secondary N) is 1. The number of fused-ring (bicyclic) bond motifs is 1. The standard InChI is InChI=1S/C21H24N4/c1-16-7-8-19-20(13-16)22-15-23-21(19)24-18-9-11-25(12-10-18)14-17-5-3-2-4-6-17/h2-8,13,15,18H,9-12,14H2,1H3,(H,22,23,24). The zero-order valence-corrected chi connectivity index (χ0v) is 14.7. The van der Waals surface area contributed by atoms with Crippen LogP contribution in [0.2, 0.25) is 0 Å². The smallest absolute Gasteiger partial charge is 0.137 e. The van der Waals surface area contributed by atoms with E-state index in [-0.39, 0.29) is 0 Å². The Morgan fingerprint density at radius 3 is 2.64 bits per heavy atom. The molecule has 0 radical (unpaired) electrons. The van der Waals surface area contributed by atoms with Crippen molar-refractivity contribution in [3.05, 3.63) is 66.0 Å². The lowest BCUT2D eigenvalue weighted by molar-refractivity contribution is 0.211. The molecule has 1 N–H and O–H groups in total. The van der Waals surface area contributed by atoms with Crippen LogP contribution in [0.3, 0.4) is 0 Å². The van der Waals surface area contributed by atoms with Crippen molar-refractivity contribution in [2.75, 3.05) is 18.4 Å². The quantitative estimate of drug-likeness (QED) is 0.783. The number of aryl methyl sites for hydroxylation is 1. The van der Waals surface area contributed by atoms with Crippen molar-refractivity contribution in [1.29, 1.82) is 0 Å². The first-order chi connectivity index (χ1) is 12.3. The van der Waals surface area contributed by atoms with Crippen LogP contribution in [0.1, 0.15) is 24.0 Å². The summed E-state index contributed by atoms with van der Waals surface area (Å²) in [5, 5.41) is 4.76. The Balaban J connectivity index is 1.39. The Morgan fingerprint density at radius 2 is 1.84 bits per heavy atom. The maximum atomic E-state index is 4.48. The molecule has 0 bridgehead atoms. The van der Waals surface area contributed by atoms with Gasteiger partial charge in [0.1, 0.15) is 12.1 Å². The van der Waals surface area contributed by atoms with Gasteiger partial charge in [0.05, 0.1) is 5.52 Å². The Labute approximate surface area is 148 Å². The highest BCUT2D eigenvalue weighted by molar-refractivity contribution is 5.89. The number of benzene rings is 2. The van der Waals surface area contributed by atoms with E-state index in [1.54, 1.807) is 6.33 Å². The molecular weight excluding hydrogens is 308 g/mol. The van der Waals surface area contributed by atoms with Gasteiger partial charge in [-0.2, -0.15) is 0 Å². The molecular formula is C21H24N4. The number of nitrogens with zero attached hydrogens (tertiary/aromatic N) is 3. The molecule has 0 atom stereocenters. The van der Waals surface area contributed by atoms with Gasteiger partial charge in [-0.05, 0) is 43.0 Å². The molecule has 128 valence electrons. The molecule has 4 nitrogen and oxygen atoms in total. The second kappa shape index (κ2) is 7.19. The van der Waals surface area contributed by atoms with Crippen LogP contribution < -0.4 is 5.32 Å². The van der Waals surface area contributed by atoms with Crippen LogP contribution in [-0.4, -0.2) is 34.0 Å². The van der Waals surface area contributed by atoms with Gasteiger partial charge in [0.25, 0.3) is 0 Å². The molecule has 25 heavy (non-hydrogen) atoms. The molecule has 4 heteroatoms. The number of anilines is 1. The third-order valence-electron chi connectivity index (χ3n) is 4.97. The predicted molar refractivity (Wildman–Crippen MR) is 103 cm³/mol. The van der Waals surface area contributed by atoms with Gasteiger partial charge in [-0.3, -0.25) is 4.90 Å². The molecule has 1 fully saturated rings. The van der Waals surface area contributed by atoms with Gasteiger partial charge in [-0.25, -0.2) is 9.97 Å². The molecule has 1 aliphatic heterocycles. The molecule has 2 aromatic carbocycles. The number of piperidine rings is 1. The second-order valence-electron chi connectivity index (χ2n) is 6.92. The van der Waals surface area contributed by atoms with E-state index in [0.29, 0.717) is 6.04 Å². The summed E-state index contributed by atoms with van der Waals surface area (Å²) in [7, 11) is 0. The van der Waals surface area contributed by atoms with Crippen molar-refractivity contribution in [2.45, 2.75) is 32.4 Å². The second-order valence-corrected chi connectivity index (χ2v) is 6.92. The topological polar surface area (TPSA) is 41.0 Å². The van der Waals surface area contributed by atoms with Crippen molar-refractivity contribution in [3.8, 4) is 0 Å². The van der Waals surface area contributed by atoms with Gasteiger partial charge in [0.2, 0.25) is 0 Å². The van der Waals surface area contributed by atoms with Crippen molar-refractivity contribution in [2.24, 2.45) is 0 Å². The molecule has 3 aromatic rings. The zero-order valence-electron chi connectivity index (χ0n) is 14.7.